The number of amides is 1. The molecule has 1 amide bonds. The molecule has 1 aliphatic heterocycles. The van der Waals surface area contributed by atoms with Gasteiger partial charge in [0.15, 0.2) is 5.70 Å². The van der Waals surface area contributed by atoms with Gasteiger partial charge < -0.3 is 9.87 Å². The minimum Gasteiger partial charge on any atom is -0.566 e. The summed E-state index contributed by atoms with van der Waals surface area (Å²) < 4.78 is 68.7. The van der Waals surface area contributed by atoms with Crippen molar-refractivity contribution in [3.8, 4) is 0 Å². The largest absolute Gasteiger partial charge is 0.566 e. The number of rotatable bonds is 3. The Kier molecular flexibility index (Phi) is 5.87. The van der Waals surface area contributed by atoms with Crippen molar-refractivity contribution in [3.63, 3.8) is 0 Å². The van der Waals surface area contributed by atoms with Crippen LogP contribution < -0.4 is 5.32 Å². The molecule has 0 spiro atoms. The van der Waals surface area contributed by atoms with Crippen LogP contribution in [0.15, 0.2) is 58.6 Å². The zero-order valence-corrected chi connectivity index (χ0v) is 16.2. The minimum atomic E-state index is -4.49. The van der Waals surface area contributed by atoms with Gasteiger partial charge >= 0.3 is 6.18 Å². The SMILES string of the molecule is CN1C(C(=O)Nc2ccc(F)c(Cl)c2)=CC(c2ccc(C(F)(F)F)cc2)=N[S+]1[O-]. The smallest absolute Gasteiger partial charge is 0.416 e. The van der Waals surface area contributed by atoms with Crippen molar-refractivity contribution in [3.05, 3.63) is 76.2 Å². The molecule has 2 aromatic rings. The van der Waals surface area contributed by atoms with Crippen LogP contribution in [0.5, 0.6) is 0 Å². The van der Waals surface area contributed by atoms with Gasteiger partial charge in [-0.15, -0.1) is 0 Å². The van der Waals surface area contributed by atoms with E-state index in [1.165, 1.54) is 37.4 Å². The van der Waals surface area contributed by atoms with Crippen LogP contribution in [0.3, 0.4) is 0 Å². The van der Waals surface area contributed by atoms with E-state index in [0.29, 0.717) is 0 Å². The van der Waals surface area contributed by atoms with Gasteiger partial charge in [0.2, 0.25) is 11.5 Å². The van der Waals surface area contributed by atoms with Crippen LogP contribution >= 0.6 is 11.6 Å². The monoisotopic (exact) mass is 445 g/mol. The Morgan fingerprint density at radius 2 is 1.86 bits per heavy atom. The van der Waals surface area contributed by atoms with E-state index < -0.39 is 35.0 Å². The first kappa shape index (κ1) is 21.2. The number of nitrogens with zero attached hydrogens (tertiary/aromatic N) is 2. The van der Waals surface area contributed by atoms with Crippen molar-refractivity contribution in [1.82, 2.24) is 4.31 Å². The Bertz CT molecular complexity index is 1010. The van der Waals surface area contributed by atoms with E-state index in [2.05, 4.69) is 9.71 Å². The summed E-state index contributed by atoms with van der Waals surface area (Å²) in [6.45, 7) is 0. The second kappa shape index (κ2) is 8.05. The predicted octanol–water partition coefficient (Wildman–Crippen LogP) is 4.33. The first-order valence-corrected chi connectivity index (χ1v) is 9.40. The highest BCUT2D eigenvalue weighted by Gasteiger charge is 2.32. The predicted molar refractivity (Wildman–Crippen MR) is 102 cm³/mol. The van der Waals surface area contributed by atoms with Crippen LogP contribution in [0.2, 0.25) is 5.02 Å². The maximum Gasteiger partial charge on any atom is 0.416 e. The molecule has 0 bridgehead atoms. The topological polar surface area (TPSA) is 67.8 Å². The van der Waals surface area contributed by atoms with E-state index in [0.717, 1.165) is 22.5 Å². The molecule has 152 valence electrons. The number of alkyl halides is 3. The number of allylic oxidation sites excluding steroid dienone is 1. The van der Waals surface area contributed by atoms with Crippen LogP contribution in [0.25, 0.3) is 0 Å². The third-order valence-electron chi connectivity index (χ3n) is 3.94. The molecule has 11 heteroatoms. The number of carbonyl (C=O) groups excluding carboxylic acids is 1. The number of hydrogen-bond acceptors (Lipinski definition) is 4. The van der Waals surface area contributed by atoms with Crippen LogP contribution in [0, 0.1) is 5.82 Å². The van der Waals surface area contributed by atoms with Gasteiger partial charge in [-0.25, -0.2) is 4.39 Å². The van der Waals surface area contributed by atoms with E-state index in [9.17, 15) is 26.9 Å². The Morgan fingerprint density at radius 1 is 1.21 bits per heavy atom. The van der Waals surface area contributed by atoms with Gasteiger partial charge in [-0.3, -0.25) is 4.79 Å². The molecule has 0 radical (unpaired) electrons. The lowest BCUT2D eigenvalue weighted by Crippen LogP contribution is -2.35. The summed E-state index contributed by atoms with van der Waals surface area (Å²) in [7, 11) is 1.37. The Balaban J connectivity index is 1.87. The van der Waals surface area contributed by atoms with Crippen LogP contribution in [-0.2, 0) is 22.5 Å². The van der Waals surface area contributed by atoms with E-state index in [1.807, 2.05) is 0 Å². The molecular formula is C18H12ClF4N3O2S. The molecule has 0 fully saturated rings. The summed E-state index contributed by atoms with van der Waals surface area (Å²) in [5.74, 6) is -1.33. The Morgan fingerprint density at radius 3 is 2.45 bits per heavy atom. The van der Waals surface area contributed by atoms with Crippen molar-refractivity contribution < 1.29 is 26.9 Å². The normalized spacial score (nSPS) is 16.9. The number of anilines is 1. The summed E-state index contributed by atoms with van der Waals surface area (Å²) in [5, 5.41) is 2.30. The van der Waals surface area contributed by atoms with Crippen molar-refractivity contribution in [1.29, 1.82) is 0 Å². The van der Waals surface area contributed by atoms with Crippen molar-refractivity contribution in [2.45, 2.75) is 6.18 Å². The molecule has 3 rings (SSSR count). The number of hydrogen-bond donors (Lipinski definition) is 1. The van der Waals surface area contributed by atoms with Gasteiger partial charge in [-0.2, -0.15) is 17.5 Å². The quantitative estimate of drug-likeness (QED) is 0.564. The molecule has 1 aliphatic rings. The van der Waals surface area contributed by atoms with Gasteiger partial charge in [0.25, 0.3) is 5.91 Å². The van der Waals surface area contributed by atoms with Gasteiger partial charge in [-0.1, -0.05) is 23.7 Å². The second-order valence-electron chi connectivity index (χ2n) is 5.89. The third kappa shape index (κ3) is 4.72. The molecule has 29 heavy (non-hydrogen) atoms. The standard InChI is InChI=1S/C18H12ClF4N3O2S/c1-26-16(17(27)24-12-6-7-14(20)13(19)8-12)9-15(25-29(26)28)10-2-4-11(5-3-10)18(21,22)23/h2-9H,1H3,(H,24,27). The molecule has 1 unspecified atom stereocenters. The summed E-state index contributed by atoms with van der Waals surface area (Å²) >= 11 is 3.71. The fraction of sp³-hybridized carbons (Fsp3) is 0.111. The molecule has 1 atom stereocenters. The van der Waals surface area contributed by atoms with E-state index in [-0.39, 0.29) is 27.7 Å². The summed E-state index contributed by atoms with van der Waals surface area (Å²) in [5.41, 5.74) is -0.341. The molecule has 0 saturated carbocycles. The lowest BCUT2D eigenvalue weighted by molar-refractivity contribution is -0.137. The highest BCUT2D eigenvalue weighted by atomic mass is 35.5. The highest BCUT2D eigenvalue weighted by Crippen LogP contribution is 2.30. The maximum atomic E-state index is 13.3. The molecule has 1 heterocycles. The molecule has 1 N–H and O–H groups in total. The average Bonchev–Trinajstić information content (AvgIpc) is 2.66. The summed E-state index contributed by atoms with van der Waals surface area (Å²) in [6, 6.07) is 7.67. The lowest BCUT2D eigenvalue weighted by Gasteiger charge is -2.23. The highest BCUT2D eigenvalue weighted by molar-refractivity contribution is 7.88. The number of halogens is 5. The summed E-state index contributed by atoms with van der Waals surface area (Å²) in [6.07, 6.45) is -3.20. The van der Waals surface area contributed by atoms with Crippen molar-refractivity contribution >= 4 is 40.5 Å². The minimum absolute atomic E-state index is 0.0475. The average molecular weight is 446 g/mol. The van der Waals surface area contributed by atoms with Gasteiger partial charge in [-0.05, 0) is 34.7 Å². The van der Waals surface area contributed by atoms with Gasteiger partial charge in [0, 0.05) is 17.3 Å². The third-order valence-corrected chi connectivity index (χ3v) is 5.25. The van der Waals surface area contributed by atoms with Crippen molar-refractivity contribution in [2.24, 2.45) is 4.40 Å². The van der Waals surface area contributed by atoms with E-state index >= 15 is 0 Å². The molecule has 0 aliphatic carbocycles. The number of likely N-dealkylation sites (N-methyl/N-ethyl adjacent to an activating group) is 1. The number of carbonyl (C=O) groups is 1. The maximum absolute atomic E-state index is 13.3. The summed E-state index contributed by atoms with van der Waals surface area (Å²) in [4.78, 5) is 12.6. The first-order valence-electron chi connectivity index (χ1n) is 7.96. The first-order chi connectivity index (χ1) is 13.6. The van der Waals surface area contributed by atoms with Crippen LogP contribution in [0.4, 0.5) is 23.2 Å². The molecule has 5 nitrogen and oxygen atoms in total. The number of nitrogens with one attached hydrogen (secondary N) is 1. The van der Waals surface area contributed by atoms with Crippen LogP contribution in [-0.4, -0.2) is 27.5 Å². The van der Waals surface area contributed by atoms with Crippen LogP contribution in [0.1, 0.15) is 11.1 Å². The Hall–Kier alpha value is -2.56. The van der Waals surface area contributed by atoms with Gasteiger partial charge in [0.1, 0.15) is 11.5 Å². The molecular weight excluding hydrogens is 434 g/mol. The van der Waals surface area contributed by atoms with E-state index in [1.54, 1.807) is 0 Å². The second-order valence-corrected chi connectivity index (χ2v) is 7.49. The molecule has 2 aromatic carbocycles. The fourth-order valence-electron chi connectivity index (χ4n) is 2.42. The van der Waals surface area contributed by atoms with Crippen molar-refractivity contribution in [2.75, 3.05) is 12.4 Å². The fourth-order valence-corrected chi connectivity index (χ4v) is 3.35. The number of benzene rings is 2. The van der Waals surface area contributed by atoms with Gasteiger partial charge in [0.05, 0.1) is 17.6 Å². The zero-order valence-electron chi connectivity index (χ0n) is 14.6. The molecule has 0 aromatic heterocycles. The zero-order chi connectivity index (χ0) is 21.3. The molecule has 0 saturated heterocycles. The Labute approximate surface area is 171 Å². The van der Waals surface area contributed by atoms with E-state index in [4.69, 9.17) is 11.6 Å². The lowest BCUT2D eigenvalue weighted by atomic mass is 10.1.